The Hall–Kier alpha value is -3.34. The Morgan fingerprint density at radius 1 is 0.920 bits per heavy atom. The van der Waals surface area contributed by atoms with Crippen molar-refractivity contribution in [2.24, 2.45) is 10.7 Å². The van der Waals surface area contributed by atoms with E-state index in [0.29, 0.717) is 19.0 Å². The first-order chi connectivity index (χ1) is 12.2. The Labute approximate surface area is 146 Å². The minimum absolute atomic E-state index is 0.00376. The van der Waals surface area contributed by atoms with E-state index in [0.717, 1.165) is 16.8 Å². The monoisotopic (exact) mass is 332 g/mol. The Balaban J connectivity index is 1.60. The second-order valence-corrected chi connectivity index (χ2v) is 5.68. The van der Waals surface area contributed by atoms with E-state index >= 15 is 0 Å². The molecule has 126 valence electrons. The van der Waals surface area contributed by atoms with Crippen molar-refractivity contribution in [2.45, 2.75) is 13.1 Å². The van der Waals surface area contributed by atoms with Gasteiger partial charge in [0.1, 0.15) is 0 Å². The predicted octanol–water partition coefficient (Wildman–Crippen LogP) is 2.82. The number of nitrogens with zero attached hydrogens (tertiary/aromatic N) is 2. The molecule has 3 N–H and O–H groups in total. The molecule has 3 aromatic rings. The lowest BCUT2D eigenvalue weighted by molar-refractivity contribution is 0.759. The molecule has 0 saturated carbocycles. The number of rotatable bonds is 5. The van der Waals surface area contributed by atoms with Crippen LogP contribution in [0.3, 0.4) is 0 Å². The topological polar surface area (TPSA) is 72.4 Å². The van der Waals surface area contributed by atoms with Crippen molar-refractivity contribution in [3.63, 3.8) is 0 Å². The summed E-state index contributed by atoms with van der Waals surface area (Å²) in [6.45, 7) is 1.05. The SMILES string of the molecule is NC(=NCc1ccc(Cn2ccccc2=O)cc1)Nc1ccccc1. The number of nitrogens with two attached hydrogens (primary N) is 1. The summed E-state index contributed by atoms with van der Waals surface area (Å²) < 4.78 is 1.68. The van der Waals surface area contributed by atoms with Gasteiger partial charge in [-0.05, 0) is 29.3 Å². The molecule has 0 bridgehead atoms. The summed E-state index contributed by atoms with van der Waals surface area (Å²) in [5.74, 6) is 0.381. The van der Waals surface area contributed by atoms with Crippen LogP contribution in [0.25, 0.3) is 0 Å². The van der Waals surface area contributed by atoms with Crippen molar-refractivity contribution in [1.29, 1.82) is 0 Å². The fourth-order valence-electron chi connectivity index (χ4n) is 2.42. The Kier molecular flexibility index (Phi) is 5.26. The third-order valence-electron chi connectivity index (χ3n) is 3.75. The summed E-state index contributed by atoms with van der Waals surface area (Å²) in [6, 6.07) is 22.9. The molecule has 1 aromatic heterocycles. The summed E-state index contributed by atoms with van der Waals surface area (Å²) in [5.41, 5.74) is 8.93. The molecule has 2 aromatic carbocycles. The number of hydrogen-bond donors (Lipinski definition) is 2. The van der Waals surface area contributed by atoms with Gasteiger partial charge in [0.2, 0.25) is 0 Å². The number of aromatic nitrogens is 1. The first-order valence-corrected chi connectivity index (χ1v) is 8.06. The van der Waals surface area contributed by atoms with Crippen molar-refractivity contribution < 1.29 is 0 Å². The molecule has 0 radical (unpaired) electrons. The van der Waals surface area contributed by atoms with Crippen LogP contribution < -0.4 is 16.6 Å². The Morgan fingerprint density at radius 3 is 2.32 bits per heavy atom. The molecule has 0 atom stereocenters. The number of para-hydroxylation sites is 1. The second kappa shape index (κ2) is 7.97. The molecular formula is C20H20N4O. The van der Waals surface area contributed by atoms with Crippen LogP contribution in [0.1, 0.15) is 11.1 Å². The summed E-state index contributed by atoms with van der Waals surface area (Å²) in [7, 11) is 0. The smallest absolute Gasteiger partial charge is 0.250 e. The molecule has 0 amide bonds. The molecule has 1 heterocycles. The van der Waals surface area contributed by atoms with E-state index in [1.54, 1.807) is 22.9 Å². The highest BCUT2D eigenvalue weighted by atomic mass is 16.1. The van der Waals surface area contributed by atoms with E-state index in [1.165, 1.54) is 0 Å². The van der Waals surface area contributed by atoms with Crippen molar-refractivity contribution in [2.75, 3.05) is 5.32 Å². The maximum Gasteiger partial charge on any atom is 0.250 e. The van der Waals surface area contributed by atoms with Gasteiger partial charge in [-0.3, -0.25) is 4.79 Å². The van der Waals surface area contributed by atoms with Crippen molar-refractivity contribution >= 4 is 11.6 Å². The lowest BCUT2D eigenvalue weighted by atomic mass is 10.1. The second-order valence-electron chi connectivity index (χ2n) is 5.68. The van der Waals surface area contributed by atoms with Crippen molar-refractivity contribution in [3.05, 3.63) is 100 Å². The third kappa shape index (κ3) is 4.81. The van der Waals surface area contributed by atoms with Crippen LogP contribution in [0.15, 0.2) is 88.8 Å². The molecule has 0 spiro atoms. The first-order valence-electron chi connectivity index (χ1n) is 8.06. The molecule has 0 fully saturated rings. The quantitative estimate of drug-likeness (QED) is 0.557. The normalized spacial score (nSPS) is 11.3. The molecule has 5 nitrogen and oxygen atoms in total. The third-order valence-corrected chi connectivity index (χ3v) is 3.75. The summed E-state index contributed by atoms with van der Waals surface area (Å²) in [5, 5.41) is 3.05. The van der Waals surface area contributed by atoms with Crippen LogP contribution in [-0.2, 0) is 13.1 Å². The van der Waals surface area contributed by atoms with Gasteiger partial charge in [-0.15, -0.1) is 0 Å². The maximum absolute atomic E-state index is 11.7. The van der Waals surface area contributed by atoms with Crippen LogP contribution >= 0.6 is 0 Å². The van der Waals surface area contributed by atoms with E-state index < -0.39 is 0 Å². The number of pyridine rings is 1. The van der Waals surface area contributed by atoms with E-state index in [9.17, 15) is 4.79 Å². The van der Waals surface area contributed by atoms with Crippen LogP contribution in [0.5, 0.6) is 0 Å². The van der Waals surface area contributed by atoms with Gasteiger partial charge in [-0.1, -0.05) is 48.5 Å². The largest absolute Gasteiger partial charge is 0.370 e. The number of anilines is 1. The summed E-state index contributed by atoms with van der Waals surface area (Å²) >= 11 is 0. The van der Waals surface area contributed by atoms with E-state index in [-0.39, 0.29) is 5.56 Å². The van der Waals surface area contributed by atoms with Crippen molar-refractivity contribution in [1.82, 2.24) is 4.57 Å². The van der Waals surface area contributed by atoms with Crippen LogP contribution in [0.2, 0.25) is 0 Å². The minimum Gasteiger partial charge on any atom is -0.370 e. The van der Waals surface area contributed by atoms with Crippen LogP contribution in [0, 0.1) is 0 Å². The van der Waals surface area contributed by atoms with Crippen LogP contribution in [-0.4, -0.2) is 10.5 Å². The molecule has 0 aliphatic carbocycles. The Morgan fingerprint density at radius 2 is 1.60 bits per heavy atom. The highest BCUT2D eigenvalue weighted by molar-refractivity contribution is 5.92. The number of benzene rings is 2. The number of hydrogen-bond acceptors (Lipinski definition) is 2. The molecule has 0 unspecified atom stereocenters. The molecule has 0 aliphatic rings. The minimum atomic E-state index is -0.00376. The van der Waals surface area contributed by atoms with E-state index in [2.05, 4.69) is 10.3 Å². The first kappa shape index (κ1) is 16.5. The lowest BCUT2D eigenvalue weighted by Gasteiger charge is -2.07. The summed E-state index contributed by atoms with van der Waals surface area (Å²) in [6.07, 6.45) is 1.79. The number of guanidine groups is 1. The van der Waals surface area contributed by atoms with Gasteiger partial charge in [0.15, 0.2) is 5.96 Å². The van der Waals surface area contributed by atoms with Gasteiger partial charge in [-0.25, -0.2) is 4.99 Å². The number of nitrogens with one attached hydrogen (secondary N) is 1. The van der Waals surface area contributed by atoms with Gasteiger partial charge in [0.05, 0.1) is 13.1 Å². The number of aliphatic imine (C=N–C) groups is 1. The zero-order valence-electron chi connectivity index (χ0n) is 13.8. The molecule has 5 heteroatoms. The highest BCUT2D eigenvalue weighted by Crippen LogP contribution is 2.08. The Bertz CT molecular complexity index is 899. The zero-order chi connectivity index (χ0) is 17.5. The molecule has 0 aliphatic heterocycles. The lowest BCUT2D eigenvalue weighted by Crippen LogP contribution is -2.22. The van der Waals surface area contributed by atoms with Gasteiger partial charge in [0, 0.05) is 18.0 Å². The average Bonchev–Trinajstić information content (AvgIpc) is 2.64. The van der Waals surface area contributed by atoms with Gasteiger partial charge in [-0.2, -0.15) is 0 Å². The molecule has 0 saturated heterocycles. The zero-order valence-corrected chi connectivity index (χ0v) is 13.8. The van der Waals surface area contributed by atoms with E-state index in [4.69, 9.17) is 5.73 Å². The predicted molar refractivity (Wildman–Crippen MR) is 102 cm³/mol. The fraction of sp³-hybridized carbons (Fsp3) is 0.100. The van der Waals surface area contributed by atoms with Crippen LogP contribution in [0.4, 0.5) is 5.69 Å². The van der Waals surface area contributed by atoms with Gasteiger partial charge in [0.25, 0.3) is 5.56 Å². The summed E-state index contributed by atoms with van der Waals surface area (Å²) in [4.78, 5) is 16.1. The van der Waals surface area contributed by atoms with Crippen molar-refractivity contribution in [3.8, 4) is 0 Å². The maximum atomic E-state index is 11.7. The standard InChI is InChI=1S/C20H20N4O/c21-20(23-18-6-2-1-3-7-18)22-14-16-9-11-17(12-10-16)15-24-13-5-4-8-19(24)25/h1-13H,14-15H2,(H3,21,22,23). The average molecular weight is 332 g/mol. The van der Waals surface area contributed by atoms with E-state index in [1.807, 2.05) is 60.7 Å². The van der Waals surface area contributed by atoms with Gasteiger partial charge < -0.3 is 15.6 Å². The molecular weight excluding hydrogens is 312 g/mol. The fourth-order valence-corrected chi connectivity index (χ4v) is 2.42. The molecule has 25 heavy (non-hydrogen) atoms. The molecule has 3 rings (SSSR count). The van der Waals surface area contributed by atoms with Gasteiger partial charge >= 0.3 is 0 Å². The highest BCUT2D eigenvalue weighted by Gasteiger charge is 1.99.